The van der Waals surface area contributed by atoms with Crippen molar-refractivity contribution in [3.05, 3.63) is 29.8 Å². The fourth-order valence-electron chi connectivity index (χ4n) is 6.39. The Morgan fingerprint density at radius 2 is 1.12 bits per heavy atom. The molecule has 2 fully saturated rings. The van der Waals surface area contributed by atoms with Crippen LogP contribution in [-0.4, -0.2) is 6.61 Å². The highest BCUT2D eigenvalue weighted by molar-refractivity contribution is 5.27. The van der Waals surface area contributed by atoms with Gasteiger partial charge < -0.3 is 4.74 Å². The molecule has 2 saturated carbocycles. The van der Waals surface area contributed by atoms with Gasteiger partial charge in [-0.05, 0) is 67.1 Å². The number of aryl methyl sites for hydroxylation is 1. The summed E-state index contributed by atoms with van der Waals surface area (Å²) in [7, 11) is 0. The second-order valence-corrected chi connectivity index (χ2v) is 11.2. The van der Waals surface area contributed by atoms with E-state index in [1.807, 2.05) is 0 Å². The van der Waals surface area contributed by atoms with Crippen LogP contribution >= 0.6 is 0 Å². The number of hydrogen-bond donors (Lipinski definition) is 0. The number of unbranched alkanes of at least 4 members (excludes halogenated alkanes) is 2. The van der Waals surface area contributed by atoms with Gasteiger partial charge in [0.15, 0.2) is 0 Å². The molecule has 0 atom stereocenters. The molecule has 0 saturated heterocycles. The summed E-state index contributed by atoms with van der Waals surface area (Å²) in [6.45, 7) is 5.53. The lowest BCUT2D eigenvalue weighted by molar-refractivity contribution is 0.228. The molecule has 1 heteroatoms. The van der Waals surface area contributed by atoms with Gasteiger partial charge in [0, 0.05) is 0 Å². The lowest BCUT2D eigenvalue weighted by Crippen LogP contribution is -2.15. The third-order valence-corrected chi connectivity index (χ3v) is 8.64. The Balaban J connectivity index is 1.23. The molecule has 0 N–H and O–H groups in total. The third kappa shape index (κ3) is 9.48. The van der Waals surface area contributed by atoms with Crippen LogP contribution in [0.1, 0.15) is 129 Å². The first-order chi connectivity index (χ1) is 15.8. The van der Waals surface area contributed by atoms with Crippen LogP contribution in [0.25, 0.3) is 0 Å². The topological polar surface area (TPSA) is 9.23 Å². The number of ether oxygens (including phenoxy) is 1. The second kappa shape index (κ2) is 15.0. The molecule has 0 unspecified atom stereocenters. The Bertz CT molecular complexity index is 575. The van der Waals surface area contributed by atoms with Crippen molar-refractivity contribution < 1.29 is 4.74 Å². The lowest BCUT2D eigenvalue weighted by atomic mass is 9.78. The van der Waals surface area contributed by atoms with E-state index in [2.05, 4.69) is 38.1 Å². The largest absolute Gasteiger partial charge is 0.494 e. The summed E-state index contributed by atoms with van der Waals surface area (Å²) in [5.74, 6) is 5.04. The molecule has 182 valence electrons. The molecule has 1 aromatic rings. The van der Waals surface area contributed by atoms with Gasteiger partial charge >= 0.3 is 0 Å². The predicted molar refractivity (Wildman–Crippen MR) is 139 cm³/mol. The zero-order chi connectivity index (χ0) is 22.4. The van der Waals surface area contributed by atoms with Crippen LogP contribution in [0.2, 0.25) is 0 Å². The van der Waals surface area contributed by atoms with Crippen molar-refractivity contribution in [2.24, 2.45) is 23.7 Å². The van der Waals surface area contributed by atoms with Gasteiger partial charge in [-0.2, -0.15) is 0 Å². The molecule has 0 spiro atoms. The fraction of sp³-hybridized carbons (Fsp3) is 0.806. The van der Waals surface area contributed by atoms with E-state index in [0.717, 1.165) is 36.0 Å². The highest BCUT2D eigenvalue weighted by atomic mass is 16.5. The van der Waals surface area contributed by atoms with Gasteiger partial charge in [0.25, 0.3) is 0 Å². The van der Waals surface area contributed by atoms with Crippen molar-refractivity contribution >= 4 is 0 Å². The summed E-state index contributed by atoms with van der Waals surface area (Å²) in [5.41, 5.74) is 1.49. The SMILES string of the molecule is CCCCCC1CCC(CCCOc2ccc(CCC3CCC(CCC)CC3)cc2)CC1. The summed E-state index contributed by atoms with van der Waals surface area (Å²) < 4.78 is 6.07. The number of rotatable bonds is 14. The van der Waals surface area contributed by atoms with Gasteiger partial charge in [0.05, 0.1) is 6.61 Å². The van der Waals surface area contributed by atoms with E-state index in [0.29, 0.717) is 0 Å². The van der Waals surface area contributed by atoms with Gasteiger partial charge in [-0.25, -0.2) is 0 Å². The molecule has 1 nitrogen and oxygen atoms in total. The predicted octanol–water partition coefficient (Wildman–Crippen LogP) is 9.77. The van der Waals surface area contributed by atoms with Gasteiger partial charge in [-0.3, -0.25) is 0 Å². The average Bonchev–Trinajstić information content (AvgIpc) is 2.83. The minimum absolute atomic E-state index is 0.886. The van der Waals surface area contributed by atoms with Crippen molar-refractivity contribution in [1.82, 2.24) is 0 Å². The number of benzene rings is 1. The van der Waals surface area contributed by atoms with Crippen molar-refractivity contribution in [2.45, 2.75) is 129 Å². The molecule has 1 aromatic carbocycles. The Morgan fingerprint density at radius 3 is 1.69 bits per heavy atom. The maximum atomic E-state index is 6.07. The maximum Gasteiger partial charge on any atom is 0.119 e. The van der Waals surface area contributed by atoms with Crippen molar-refractivity contribution in [1.29, 1.82) is 0 Å². The summed E-state index contributed by atoms with van der Waals surface area (Å²) in [5, 5.41) is 0. The average molecular weight is 441 g/mol. The van der Waals surface area contributed by atoms with Crippen LogP contribution in [0.4, 0.5) is 0 Å². The van der Waals surface area contributed by atoms with E-state index in [9.17, 15) is 0 Å². The Hall–Kier alpha value is -0.980. The van der Waals surface area contributed by atoms with E-state index < -0.39 is 0 Å². The van der Waals surface area contributed by atoms with Gasteiger partial charge in [0.2, 0.25) is 0 Å². The standard InChI is InChI=1S/C31H52O/c1-3-5-6-9-27-13-15-28(16-14-27)10-7-25-32-31-23-21-30(22-24-31)20-19-29-17-11-26(8-4-2)12-18-29/h21-24,26-29H,3-20,25H2,1-2H3. The Morgan fingerprint density at radius 1 is 0.594 bits per heavy atom. The highest BCUT2D eigenvalue weighted by Crippen LogP contribution is 2.35. The monoisotopic (exact) mass is 440 g/mol. The van der Waals surface area contributed by atoms with E-state index >= 15 is 0 Å². The summed E-state index contributed by atoms with van der Waals surface area (Å²) >= 11 is 0. The number of hydrogen-bond acceptors (Lipinski definition) is 1. The molecule has 2 aliphatic carbocycles. The fourth-order valence-corrected chi connectivity index (χ4v) is 6.39. The highest BCUT2D eigenvalue weighted by Gasteiger charge is 2.21. The third-order valence-electron chi connectivity index (χ3n) is 8.64. The summed E-state index contributed by atoms with van der Waals surface area (Å²) in [4.78, 5) is 0. The minimum atomic E-state index is 0.886. The zero-order valence-electron chi connectivity index (χ0n) is 21.5. The van der Waals surface area contributed by atoms with Gasteiger partial charge in [-0.1, -0.05) is 116 Å². The molecular formula is C31H52O. The Labute approximate surface area is 200 Å². The first-order valence-electron chi connectivity index (χ1n) is 14.5. The van der Waals surface area contributed by atoms with Gasteiger partial charge in [-0.15, -0.1) is 0 Å². The molecule has 0 amide bonds. The summed E-state index contributed by atoms with van der Waals surface area (Å²) in [6.07, 6.45) is 25.5. The lowest BCUT2D eigenvalue weighted by Gasteiger charge is -2.28. The smallest absolute Gasteiger partial charge is 0.119 e. The zero-order valence-corrected chi connectivity index (χ0v) is 21.5. The molecule has 0 radical (unpaired) electrons. The van der Waals surface area contributed by atoms with E-state index in [1.165, 1.54) is 121 Å². The van der Waals surface area contributed by atoms with Crippen LogP contribution in [0.5, 0.6) is 5.75 Å². The van der Waals surface area contributed by atoms with E-state index in [-0.39, 0.29) is 0 Å². The van der Waals surface area contributed by atoms with Crippen molar-refractivity contribution in [3.8, 4) is 5.75 Å². The van der Waals surface area contributed by atoms with Crippen molar-refractivity contribution in [2.75, 3.05) is 6.61 Å². The molecule has 0 heterocycles. The first-order valence-corrected chi connectivity index (χ1v) is 14.5. The summed E-state index contributed by atoms with van der Waals surface area (Å²) in [6, 6.07) is 9.01. The van der Waals surface area contributed by atoms with Crippen molar-refractivity contribution in [3.63, 3.8) is 0 Å². The van der Waals surface area contributed by atoms with Crippen LogP contribution in [0.15, 0.2) is 24.3 Å². The molecule has 3 rings (SSSR count). The van der Waals surface area contributed by atoms with Crippen LogP contribution in [-0.2, 0) is 6.42 Å². The van der Waals surface area contributed by atoms with Crippen LogP contribution in [0, 0.1) is 23.7 Å². The quantitative estimate of drug-likeness (QED) is 0.261. The molecular weight excluding hydrogens is 388 g/mol. The van der Waals surface area contributed by atoms with E-state index in [4.69, 9.17) is 4.74 Å². The van der Waals surface area contributed by atoms with Crippen LogP contribution < -0.4 is 4.74 Å². The Kier molecular flexibility index (Phi) is 12.0. The molecule has 0 aromatic heterocycles. The second-order valence-electron chi connectivity index (χ2n) is 11.2. The molecule has 2 aliphatic rings. The maximum absolute atomic E-state index is 6.07. The minimum Gasteiger partial charge on any atom is -0.494 e. The molecule has 0 aliphatic heterocycles. The van der Waals surface area contributed by atoms with E-state index in [1.54, 1.807) is 0 Å². The normalized spacial score (nSPS) is 26.2. The van der Waals surface area contributed by atoms with Gasteiger partial charge in [0.1, 0.15) is 5.75 Å². The van der Waals surface area contributed by atoms with Crippen LogP contribution in [0.3, 0.4) is 0 Å². The molecule has 32 heavy (non-hydrogen) atoms. The molecule has 0 bridgehead atoms. The first kappa shape index (κ1) is 25.6.